The molecule has 0 aliphatic heterocycles. The van der Waals surface area contributed by atoms with Crippen molar-refractivity contribution in [2.75, 3.05) is 30.3 Å². The summed E-state index contributed by atoms with van der Waals surface area (Å²) in [6.45, 7) is 9.05. The summed E-state index contributed by atoms with van der Waals surface area (Å²) in [5, 5.41) is 2.90. The van der Waals surface area contributed by atoms with E-state index in [0.717, 1.165) is 16.3 Å². The van der Waals surface area contributed by atoms with Gasteiger partial charge in [0.2, 0.25) is 21.8 Å². The van der Waals surface area contributed by atoms with Crippen LogP contribution in [0, 0.1) is 5.92 Å². The topological polar surface area (TPSA) is 96.0 Å². The first-order valence-electron chi connectivity index (χ1n) is 12.4. The van der Waals surface area contributed by atoms with Crippen LogP contribution < -0.4 is 14.4 Å². The first-order chi connectivity index (χ1) is 17.4. The van der Waals surface area contributed by atoms with Crippen molar-refractivity contribution in [3.63, 3.8) is 0 Å². The molecule has 0 aromatic heterocycles. The first-order valence-corrected chi connectivity index (χ1v) is 15.1. The van der Waals surface area contributed by atoms with Crippen LogP contribution in [-0.4, -0.2) is 57.1 Å². The SMILES string of the molecule is CCOc1ccc(N(CCCC(=O)N(Cc2cccc(Br)c2)[C@H](C)C(=O)NCC(C)C)S(C)(=O)=O)cc1. The van der Waals surface area contributed by atoms with Gasteiger partial charge in [0.15, 0.2) is 0 Å². The first kappa shape index (κ1) is 30.6. The highest BCUT2D eigenvalue weighted by Crippen LogP contribution is 2.23. The molecule has 0 bridgehead atoms. The molecule has 0 saturated heterocycles. The van der Waals surface area contributed by atoms with Gasteiger partial charge in [0.25, 0.3) is 0 Å². The molecular weight excluding hydrogens is 558 g/mol. The van der Waals surface area contributed by atoms with Crippen LogP contribution in [0.15, 0.2) is 53.0 Å². The minimum absolute atomic E-state index is 0.0961. The molecule has 0 spiro atoms. The van der Waals surface area contributed by atoms with Gasteiger partial charge in [-0.15, -0.1) is 0 Å². The maximum atomic E-state index is 13.4. The number of carbonyl (C=O) groups is 2. The number of amides is 2. The molecule has 10 heteroatoms. The van der Waals surface area contributed by atoms with E-state index in [4.69, 9.17) is 4.74 Å². The lowest BCUT2D eigenvalue weighted by molar-refractivity contribution is -0.140. The molecule has 0 saturated carbocycles. The minimum atomic E-state index is -3.56. The van der Waals surface area contributed by atoms with Gasteiger partial charge in [-0.1, -0.05) is 41.9 Å². The standard InChI is InChI=1S/C27H38BrN3O5S/c1-6-36-25-14-12-24(13-15-25)31(37(5,34)35)16-8-11-26(32)30(19-22-9-7-10-23(28)17-22)21(4)27(33)29-18-20(2)3/h7,9-10,12-15,17,20-21H,6,8,11,16,18-19H2,1-5H3,(H,29,33)/t21-/m1/s1. The normalized spacial score (nSPS) is 12.2. The summed E-state index contributed by atoms with van der Waals surface area (Å²) in [6, 6.07) is 13.7. The smallest absolute Gasteiger partial charge is 0.242 e. The van der Waals surface area contributed by atoms with Crippen molar-refractivity contribution in [1.82, 2.24) is 10.2 Å². The van der Waals surface area contributed by atoms with E-state index in [0.29, 0.717) is 31.0 Å². The third-order valence-corrected chi connectivity index (χ3v) is 7.37. The van der Waals surface area contributed by atoms with Crippen LogP contribution in [0.2, 0.25) is 0 Å². The molecule has 0 aliphatic carbocycles. The van der Waals surface area contributed by atoms with Crippen molar-refractivity contribution >= 4 is 43.5 Å². The van der Waals surface area contributed by atoms with Crippen molar-refractivity contribution in [2.45, 2.75) is 53.1 Å². The molecule has 37 heavy (non-hydrogen) atoms. The number of nitrogens with one attached hydrogen (secondary N) is 1. The molecule has 2 aromatic carbocycles. The van der Waals surface area contributed by atoms with Crippen LogP contribution in [0.25, 0.3) is 0 Å². The van der Waals surface area contributed by atoms with Gasteiger partial charge < -0.3 is 15.0 Å². The Morgan fingerprint density at radius 2 is 1.76 bits per heavy atom. The largest absolute Gasteiger partial charge is 0.494 e. The molecule has 1 N–H and O–H groups in total. The highest BCUT2D eigenvalue weighted by Gasteiger charge is 2.26. The Morgan fingerprint density at radius 3 is 2.32 bits per heavy atom. The summed E-state index contributed by atoms with van der Waals surface area (Å²) >= 11 is 3.45. The van der Waals surface area contributed by atoms with E-state index in [1.807, 2.05) is 45.0 Å². The fraction of sp³-hybridized carbons (Fsp3) is 0.481. The number of sulfonamides is 1. The molecule has 1 atom stereocenters. The van der Waals surface area contributed by atoms with E-state index in [9.17, 15) is 18.0 Å². The second-order valence-electron chi connectivity index (χ2n) is 9.33. The van der Waals surface area contributed by atoms with Crippen LogP contribution >= 0.6 is 15.9 Å². The molecule has 204 valence electrons. The zero-order chi connectivity index (χ0) is 27.6. The number of benzene rings is 2. The number of halogens is 1. The number of ether oxygens (including phenoxy) is 1. The summed E-state index contributed by atoms with van der Waals surface area (Å²) in [6.07, 6.45) is 1.54. The average Bonchev–Trinajstić information content (AvgIpc) is 2.83. The lowest BCUT2D eigenvalue weighted by Gasteiger charge is -2.29. The maximum absolute atomic E-state index is 13.4. The van der Waals surface area contributed by atoms with E-state index in [2.05, 4.69) is 21.2 Å². The van der Waals surface area contributed by atoms with Crippen LogP contribution in [0.3, 0.4) is 0 Å². The van der Waals surface area contributed by atoms with E-state index < -0.39 is 16.1 Å². The van der Waals surface area contributed by atoms with E-state index >= 15 is 0 Å². The van der Waals surface area contributed by atoms with Gasteiger partial charge in [-0.3, -0.25) is 13.9 Å². The lowest BCUT2D eigenvalue weighted by Crippen LogP contribution is -2.48. The van der Waals surface area contributed by atoms with E-state index in [1.54, 1.807) is 36.1 Å². The van der Waals surface area contributed by atoms with Crippen molar-refractivity contribution < 1.29 is 22.7 Å². The molecular formula is C27H38BrN3O5S. The Morgan fingerprint density at radius 1 is 1.08 bits per heavy atom. The molecule has 0 fully saturated rings. The van der Waals surface area contributed by atoms with Crippen molar-refractivity contribution in [1.29, 1.82) is 0 Å². The van der Waals surface area contributed by atoms with Crippen LogP contribution in [0.5, 0.6) is 5.75 Å². The molecule has 0 radical (unpaired) electrons. The fourth-order valence-electron chi connectivity index (χ4n) is 3.75. The Labute approximate surface area is 229 Å². The number of carbonyl (C=O) groups excluding carboxylic acids is 2. The van der Waals surface area contributed by atoms with E-state index in [1.165, 1.54) is 4.31 Å². The fourth-order valence-corrected chi connectivity index (χ4v) is 5.16. The number of nitrogens with zero attached hydrogens (tertiary/aromatic N) is 2. The Bertz CT molecular complexity index is 1140. The molecule has 2 rings (SSSR count). The summed E-state index contributed by atoms with van der Waals surface area (Å²) in [4.78, 5) is 27.7. The summed E-state index contributed by atoms with van der Waals surface area (Å²) < 4.78 is 32.6. The molecule has 8 nitrogen and oxygen atoms in total. The zero-order valence-electron chi connectivity index (χ0n) is 22.2. The monoisotopic (exact) mass is 595 g/mol. The van der Waals surface area contributed by atoms with Gasteiger partial charge in [0.1, 0.15) is 11.8 Å². The zero-order valence-corrected chi connectivity index (χ0v) is 24.6. The van der Waals surface area contributed by atoms with Gasteiger partial charge in [-0.25, -0.2) is 8.42 Å². The average molecular weight is 597 g/mol. The number of hydrogen-bond acceptors (Lipinski definition) is 5. The van der Waals surface area contributed by atoms with Crippen LogP contribution in [0.4, 0.5) is 5.69 Å². The summed E-state index contributed by atoms with van der Waals surface area (Å²) in [7, 11) is -3.56. The van der Waals surface area contributed by atoms with Gasteiger partial charge in [0, 0.05) is 30.5 Å². The van der Waals surface area contributed by atoms with Crippen molar-refractivity contribution in [2.24, 2.45) is 5.92 Å². The molecule has 2 aromatic rings. The Balaban J connectivity index is 2.15. The number of hydrogen-bond donors (Lipinski definition) is 1. The third-order valence-electron chi connectivity index (χ3n) is 5.68. The van der Waals surface area contributed by atoms with Crippen molar-refractivity contribution in [3.8, 4) is 5.75 Å². The highest BCUT2D eigenvalue weighted by molar-refractivity contribution is 9.10. The Kier molecular flexibility index (Phi) is 11.9. The van der Waals surface area contributed by atoms with Crippen LogP contribution in [0.1, 0.15) is 46.1 Å². The molecule has 0 aliphatic rings. The quantitative estimate of drug-likeness (QED) is 0.345. The predicted octanol–water partition coefficient (Wildman–Crippen LogP) is 4.58. The third kappa shape index (κ3) is 10.0. The second-order valence-corrected chi connectivity index (χ2v) is 12.2. The predicted molar refractivity (Wildman–Crippen MR) is 151 cm³/mol. The number of anilines is 1. The molecule has 0 heterocycles. The molecule has 2 amide bonds. The van der Waals surface area contributed by atoms with Gasteiger partial charge >= 0.3 is 0 Å². The summed E-state index contributed by atoms with van der Waals surface area (Å²) in [5.41, 5.74) is 1.39. The van der Waals surface area contributed by atoms with E-state index in [-0.39, 0.29) is 37.2 Å². The van der Waals surface area contributed by atoms with Gasteiger partial charge in [-0.2, -0.15) is 0 Å². The molecule has 0 unspecified atom stereocenters. The number of rotatable bonds is 14. The lowest BCUT2D eigenvalue weighted by atomic mass is 10.1. The van der Waals surface area contributed by atoms with Gasteiger partial charge in [-0.05, 0) is 68.1 Å². The van der Waals surface area contributed by atoms with Crippen LogP contribution in [-0.2, 0) is 26.2 Å². The summed E-state index contributed by atoms with van der Waals surface area (Å²) in [5.74, 6) is 0.509. The second kappa shape index (κ2) is 14.4. The van der Waals surface area contributed by atoms with Gasteiger partial charge in [0.05, 0.1) is 18.6 Å². The maximum Gasteiger partial charge on any atom is 0.242 e. The Hall–Kier alpha value is -2.59. The highest BCUT2D eigenvalue weighted by atomic mass is 79.9. The van der Waals surface area contributed by atoms with Crippen molar-refractivity contribution in [3.05, 3.63) is 58.6 Å². The minimum Gasteiger partial charge on any atom is -0.494 e.